The fraction of sp³-hybridized carbons (Fsp3) is 0.600. The predicted octanol–water partition coefficient (Wildman–Crippen LogP) is 2.99. The molecule has 2 aliphatic rings. The summed E-state index contributed by atoms with van der Waals surface area (Å²) < 4.78 is 5.94. The normalized spacial score (nSPS) is 29.2. The number of nitrogens with two attached hydrogens (primary N) is 1. The first-order valence-corrected chi connectivity index (χ1v) is 6.80. The standard InChI is InChI=1S/C15H21NO/c16-10-14-5-2-8-17-15(14)13-4-1-3-12(9-13)11-6-7-11/h1,3-4,9,11,14-15H,2,5-8,10,16H2. The van der Waals surface area contributed by atoms with Gasteiger partial charge in [-0.25, -0.2) is 0 Å². The minimum Gasteiger partial charge on any atom is -0.373 e. The lowest BCUT2D eigenvalue weighted by molar-refractivity contribution is -0.0251. The summed E-state index contributed by atoms with van der Waals surface area (Å²) in [7, 11) is 0. The fourth-order valence-corrected chi connectivity index (χ4v) is 2.86. The fourth-order valence-electron chi connectivity index (χ4n) is 2.86. The van der Waals surface area contributed by atoms with Crippen LogP contribution in [0, 0.1) is 5.92 Å². The van der Waals surface area contributed by atoms with Gasteiger partial charge in [-0.15, -0.1) is 0 Å². The summed E-state index contributed by atoms with van der Waals surface area (Å²) in [5, 5.41) is 0. The smallest absolute Gasteiger partial charge is 0.0865 e. The molecule has 1 aromatic rings. The quantitative estimate of drug-likeness (QED) is 0.868. The molecule has 0 spiro atoms. The van der Waals surface area contributed by atoms with E-state index in [0.717, 1.165) is 25.5 Å². The van der Waals surface area contributed by atoms with E-state index in [2.05, 4.69) is 24.3 Å². The molecule has 1 saturated heterocycles. The molecular formula is C15H21NO. The molecule has 2 unspecified atom stereocenters. The van der Waals surface area contributed by atoms with Crippen molar-refractivity contribution < 1.29 is 4.74 Å². The van der Waals surface area contributed by atoms with Crippen LogP contribution in [-0.4, -0.2) is 13.2 Å². The van der Waals surface area contributed by atoms with Gasteiger partial charge in [-0.1, -0.05) is 24.3 Å². The first-order chi connectivity index (χ1) is 8.38. The molecule has 92 valence electrons. The van der Waals surface area contributed by atoms with E-state index in [-0.39, 0.29) is 6.10 Å². The van der Waals surface area contributed by atoms with Crippen molar-refractivity contribution in [3.8, 4) is 0 Å². The minimum absolute atomic E-state index is 0.229. The second kappa shape index (κ2) is 4.79. The van der Waals surface area contributed by atoms with Crippen LogP contribution in [0.4, 0.5) is 0 Å². The highest BCUT2D eigenvalue weighted by atomic mass is 16.5. The summed E-state index contributed by atoms with van der Waals surface area (Å²) in [6.07, 6.45) is 5.30. The summed E-state index contributed by atoms with van der Waals surface area (Å²) in [4.78, 5) is 0. The van der Waals surface area contributed by atoms with E-state index in [0.29, 0.717) is 5.92 Å². The Bertz CT molecular complexity index is 386. The van der Waals surface area contributed by atoms with Crippen molar-refractivity contribution in [1.29, 1.82) is 0 Å². The van der Waals surface area contributed by atoms with Crippen molar-refractivity contribution in [3.63, 3.8) is 0 Å². The van der Waals surface area contributed by atoms with Gasteiger partial charge < -0.3 is 10.5 Å². The third kappa shape index (κ3) is 2.38. The van der Waals surface area contributed by atoms with Gasteiger partial charge in [0.05, 0.1) is 6.10 Å². The van der Waals surface area contributed by atoms with E-state index in [4.69, 9.17) is 10.5 Å². The molecule has 0 radical (unpaired) electrons. The first-order valence-electron chi connectivity index (χ1n) is 6.80. The number of rotatable bonds is 3. The van der Waals surface area contributed by atoms with Gasteiger partial charge in [-0.05, 0) is 49.3 Å². The van der Waals surface area contributed by atoms with Crippen LogP contribution in [0.15, 0.2) is 24.3 Å². The summed E-state index contributed by atoms with van der Waals surface area (Å²) >= 11 is 0. The third-order valence-electron chi connectivity index (χ3n) is 4.04. The first kappa shape index (κ1) is 11.2. The Hall–Kier alpha value is -0.860. The zero-order chi connectivity index (χ0) is 11.7. The van der Waals surface area contributed by atoms with Crippen LogP contribution in [0.1, 0.15) is 48.8 Å². The van der Waals surface area contributed by atoms with Gasteiger partial charge in [0, 0.05) is 12.5 Å². The van der Waals surface area contributed by atoms with Gasteiger partial charge in [-0.3, -0.25) is 0 Å². The predicted molar refractivity (Wildman–Crippen MR) is 68.9 cm³/mol. The summed E-state index contributed by atoms with van der Waals surface area (Å²) in [5.74, 6) is 1.31. The Labute approximate surface area is 103 Å². The van der Waals surface area contributed by atoms with Crippen molar-refractivity contribution in [3.05, 3.63) is 35.4 Å². The molecule has 1 aromatic carbocycles. The molecule has 1 aliphatic heterocycles. The van der Waals surface area contributed by atoms with Gasteiger partial charge in [0.2, 0.25) is 0 Å². The van der Waals surface area contributed by atoms with Gasteiger partial charge in [0.25, 0.3) is 0 Å². The van der Waals surface area contributed by atoms with Crippen LogP contribution in [0.2, 0.25) is 0 Å². The zero-order valence-corrected chi connectivity index (χ0v) is 10.3. The Morgan fingerprint density at radius 2 is 2.00 bits per heavy atom. The van der Waals surface area contributed by atoms with Crippen molar-refractivity contribution >= 4 is 0 Å². The second-order valence-corrected chi connectivity index (χ2v) is 5.37. The average molecular weight is 231 g/mol. The molecule has 3 rings (SSSR count). The molecule has 0 amide bonds. The number of benzene rings is 1. The topological polar surface area (TPSA) is 35.2 Å². The minimum atomic E-state index is 0.229. The maximum atomic E-state index is 5.94. The Balaban J connectivity index is 1.83. The molecule has 2 heteroatoms. The zero-order valence-electron chi connectivity index (χ0n) is 10.3. The van der Waals surface area contributed by atoms with Gasteiger partial charge in [-0.2, -0.15) is 0 Å². The van der Waals surface area contributed by atoms with Crippen LogP contribution >= 0.6 is 0 Å². The van der Waals surface area contributed by atoms with Gasteiger partial charge in [0.1, 0.15) is 0 Å². The van der Waals surface area contributed by atoms with Crippen molar-refractivity contribution in [2.24, 2.45) is 11.7 Å². The van der Waals surface area contributed by atoms with Crippen LogP contribution in [-0.2, 0) is 4.74 Å². The molecule has 1 heterocycles. The molecule has 2 N–H and O–H groups in total. The van der Waals surface area contributed by atoms with E-state index >= 15 is 0 Å². The highest BCUT2D eigenvalue weighted by Gasteiger charge is 2.28. The van der Waals surface area contributed by atoms with E-state index in [9.17, 15) is 0 Å². The lowest BCUT2D eigenvalue weighted by Gasteiger charge is -2.31. The molecular weight excluding hydrogens is 210 g/mol. The van der Waals surface area contributed by atoms with E-state index < -0.39 is 0 Å². The van der Waals surface area contributed by atoms with Crippen LogP contribution in [0.25, 0.3) is 0 Å². The summed E-state index contributed by atoms with van der Waals surface area (Å²) in [6.45, 7) is 1.62. The van der Waals surface area contributed by atoms with E-state index in [1.165, 1.54) is 30.4 Å². The Morgan fingerprint density at radius 3 is 2.76 bits per heavy atom. The highest BCUT2D eigenvalue weighted by molar-refractivity contribution is 5.30. The number of ether oxygens (including phenoxy) is 1. The largest absolute Gasteiger partial charge is 0.373 e. The lowest BCUT2D eigenvalue weighted by Crippen LogP contribution is -2.28. The van der Waals surface area contributed by atoms with Crippen LogP contribution < -0.4 is 5.73 Å². The molecule has 1 saturated carbocycles. The number of hydrogen-bond donors (Lipinski definition) is 1. The monoisotopic (exact) mass is 231 g/mol. The molecule has 1 aliphatic carbocycles. The molecule has 0 bridgehead atoms. The molecule has 2 fully saturated rings. The van der Waals surface area contributed by atoms with Crippen molar-refractivity contribution in [2.75, 3.05) is 13.2 Å². The summed E-state index contributed by atoms with van der Waals surface area (Å²) in [5.41, 5.74) is 8.69. The van der Waals surface area contributed by atoms with E-state index in [1.54, 1.807) is 0 Å². The van der Waals surface area contributed by atoms with Crippen molar-refractivity contribution in [1.82, 2.24) is 0 Å². The molecule has 17 heavy (non-hydrogen) atoms. The van der Waals surface area contributed by atoms with Gasteiger partial charge in [0.15, 0.2) is 0 Å². The third-order valence-corrected chi connectivity index (χ3v) is 4.04. The van der Waals surface area contributed by atoms with Crippen molar-refractivity contribution in [2.45, 2.75) is 37.7 Å². The SMILES string of the molecule is NCC1CCCOC1c1cccc(C2CC2)c1. The number of hydrogen-bond acceptors (Lipinski definition) is 2. The molecule has 2 nitrogen and oxygen atoms in total. The molecule has 2 atom stereocenters. The van der Waals surface area contributed by atoms with Gasteiger partial charge >= 0.3 is 0 Å². The highest BCUT2D eigenvalue weighted by Crippen LogP contribution is 2.42. The average Bonchev–Trinajstić information content (AvgIpc) is 3.23. The summed E-state index contributed by atoms with van der Waals surface area (Å²) in [6, 6.07) is 8.97. The Kier molecular flexibility index (Phi) is 3.17. The molecule has 0 aromatic heterocycles. The Morgan fingerprint density at radius 1 is 1.18 bits per heavy atom. The maximum Gasteiger partial charge on any atom is 0.0865 e. The lowest BCUT2D eigenvalue weighted by atomic mass is 9.88. The van der Waals surface area contributed by atoms with E-state index in [1.807, 2.05) is 0 Å². The second-order valence-electron chi connectivity index (χ2n) is 5.37. The van der Waals surface area contributed by atoms with Crippen LogP contribution in [0.5, 0.6) is 0 Å². The maximum absolute atomic E-state index is 5.94. The van der Waals surface area contributed by atoms with Crippen LogP contribution in [0.3, 0.4) is 0 Å².